The van der Waals surface area contributed by atoms with E-state index in [4.69, 9.17) is 0 Å². The third-order valence-electron chi connectivity index (χ3n) is 7.85. The molecular weight excluding hydrogens is 759 g/mol. The van der Waals surface area contributed by atoms with Crippen LogP contribution < -0.4 is 5.32 Å². The largest absolute Gasteiger partial charge is 0.349 e. The van der Waals surface area contributed by atoms with E-state index < -0.39 is 15.7 Å². The predicted molar refractivity (Wildman–Crippen MR) is 203 cm³/mol. The van der Waals surface area contributed by atoms with Crippen molar-refractivity contribution in [3.05, 3.63) is 46.1 Å². The van der Waals surface area contributed by atoms with Gasteiger partial charge in [-0.05, 0) is 6.07 Å². The maximum absolute atomic E-state index is 12.7. The average molecular weight is 796 g/mol. The number of hydrogen-bond donors (Lipinski definition) is 1. The monoisotopic (exact) mass is 795 g/mol. The molecule has 284 valence electrons. The van der Waals surface area contributed by atoms with Crippen molar-refractivity contribution >= 4 is 94.7 Å². The van der Waals surface area contributed by atoms with Crippen molar-refractivity contribution in [2.75, 3.05) is 66.9 Å². The maximum Gasteiger partial charge on any atom is 0.282 e. The number of carbonyl (C=O) groups excluding carboxylic acids is 4. The molecule has 5 aromatic heterocycles. The highest BCUT2D eigenvalue weighted by atomic mass is 32.2. The first-order valence-electron chi connectivity index (χ1n) is 16.1. The van der Waals surface area contributed by atoms with Crippen molar-refractivity contribution in [1.29, 1.82) is 0 Å². The predicted octanol–water partition coefficient (Wildman–Crippen LogP) is 1.75. The molecule has 22 heteroatoms. The highest BCUT2D eigenvalue weighted by molar-refractivity contribution is 7.90. The molecule has 0 aliphatic carbocycles. The molecule has 19 nitrogen and oxygen atoms in total. The van der Waals surface area contributed by atoms with E-state index in [0.29, 0.717) is 44.9 Å². The molecule has 54 heavy (non-hydrogen) atoms. The van der Waals surface area contributed by atoms with Gasteiger partial charge in [-0.2, -0.15) is 0 Å². The van der Waals surface area contributed by atoms with Gasteiger partial charge in [-0.15, -0.1) is 0 Å². The Bertz CT molecular complexity index is 2380. The van der Waals surface area contributed by atoms with Gasteiger partial charge >= 0.3 is 0 Å². The number of hydrogen-bond acceptors (Lipinski definition) is 17. The van der Waals surface area contributed by atoms with E-state index in [1.807, 2.05) is 12.3 Å². The summed E-state index contributed by atoms with van der Waals surface area (Å²) in [6, 6.07) is 1.90. The smallest absolute Gasteiger partial charge is 0.282 e. The van der Waals surface area contributed by atoms with Gasteiger partial charge in [0.2, 0.25) is 11.8 Å². The lowest BCUT2D eigenvalue weighted by Crippen LogP contribution is -2.32. The second-order valence-corrected chi connectivity index (χ2v) is 16.3. The van der Waals surface area contributed by atoms with E-state index in [9.17, 15) is 27.6 Å². The van der Waals surface area contributed by atoms with Crippen molar-refractivity contribution in [2.45, 2.75) is 24.4 Å². The molecule has 6 heterocycles. The second kappa shape index (κ2) is 16.6. The highest BCUT2D eigenvalue weighted by Gasteiger charge is 2.24. The van der Waals surface area contributed by atoms with Gasteiger partial charge in [-0.25, -0.2) is 43.3 Å². The first kappa shape index (κ1) is 39.6. The van der Waals surface area contributed by atoms with Crippen LogP contribution in [0.4, 0.5) is 11.6 Å². The number of aliphatic imine (C=N–C) groups is 1. The van der Waals surface area contributed by atoms with Crippen LogP contribution in [0.15, 0.2) is 34.9 Å². The molecule has 5 aromatic rings. The van der Waals surface area contributed by atoms with E-state index in [-0.39, 0.29) is 52.7 Å². The number of sulfone groups is 1. The van der Waals surface area contributed by atoms with Crippen LogP contribution in [-0.4, -0.2) is 154 Å². The van der Waals surface area contributed by atoms with E-state index >= 15 is 0 Å². The molecule has 0 spiro atoms. The van der Waals surface area contributed by atoms with Crippen molar-refractivity contribution < 1.29 is 27.6 Å². The zero-order valence-corrected chi connectivity index (χ0v) is 32.9. The minimum Gasteiger partial charge on any atom is -0.349 e. The minimum atomic E-state index is -3.58. The summed E-state index contributed by atoms with van der Waals surface area (Å²) in [7, 11) is 6.29. The number of fused-ring (bicyclic) bond motifs is 3. The Morgan fingerprint density at radius 1 is 0.759 bits per heavy atom. The van der Waals surface area contributed by atoms with Crippen LogP contribution in [0, 0.1) is 0 Å². The van der Waals surface area contributed by atoms with Crippen LogP contribution >= 0.6 is 22.7 Å². The SMILES string of the molecule is CN(C)C(=O)CCN(C)C(=O)c1nc2c(Nc3cc4c(cn3)CN=C4)ncnc2s1.CN(C)C(=O)CCN(C)C(=O)c1nc2c(S(C)(=O)=O)ncnc2s1. The first-order chi connectivity index (χ1) is 25.5. The molecule has 0 atom stereocenters. The Morgan fingerprint density at radius 3 is 1.85 bits per heavy atom. The van der Waals surface area contributed by atoms with Crippen molar-refractivity contribution in [1.82, 2.24) is 54.5 Å². The second-order valence-electron chi connectivity index (χ2n) is 12.4. The van der Waals surface area contributed by atoms with E-state index in [2.05, 4.69) is 45.2 Å². The molecule has 0 saturated carbocycles. The lowest BCUT2D eigenvalue weighted by Gasteiger charge is -2.17. The van der Waals surface area contributed by atoms with Crippen LogP contribution in [0.3, 0.4) is 0 Å². The molecule has 4 amide bonds. The third-order valence-corrected chi connectivity index (χ3v) is 10.8. The lowest BCUT2D eigenvalue weighted by atomic mass is 10.2. The normalized spacial score (nSPS) is 11.8. The summed E-state index contributed by atoms with van der Waals surface area (Å²) in [6.45, 7) is 1.19. The number of thiazole rings is 2. The lowest BCUT2D eigenvalue weighted by molar-refractivity contribution is -0.129. The van der Waals surface area contributed by atoms with Crippen molar-refractivity contribution in [3.8, 4) is 0 Å². The zero-order valence-electron chi connectivity index (χ0n) is 30.5. The molecule has 0 bridgehead atoms. The van der Waals surface area contributed by atoms with Gasteiger partial charge < -0.3 is 24.9 Å². The summed E-state index contributed by atoms with van der Waals surface area (Å²) in [5.74, 6) is 0.296. The van der Waals surface area contributed by atoms with Crippen molar-refractivity contribution in [2.24, 2.45) is 4.99 Å². The molecule has 0 fully saturated rings. The Hall–Kier alpha value is -5.61. The number of nitrogens with one attached hydrogen (secondary N) is 1. The molecular formula is C32H37N13O6S3. The van der Waals surface area contributed by atoms with E-state index in [1.165, 1.54) is 37.3 Å². The summed E-state index contributed by atoms with van der Waals surface area (Å²) >= 11 is 2.18. The topological polar surface area (TPSA) is 230 Å². The first-order valence-corrected chi connectivity index (χ1v) is 19.7. The molecule has 1 aliphatic heterocycles. The van der Waals surface area contributed by atoms with E-state index in [1.54, 1.807) is 48.5 Å². The maximum atomic E-state index is 12.7. The summed E-state index contributed by atoms with van der Waals surface area (Å²) < 4.78 is 23.5. The number of nitrogens with zero attached hydrogens (tertiary/aromatic N) is 12. The molecule has 0 aromatic carbocycles. The Kier molecular flexibility index (Phi) is 12.2. The summed E-state index contributed by atoms with van der Waals surface area (Å²) in [6.07, 6.45) is 7.61. The highest BCUT2D eigenvalue weighted by Crippen LogP contribution is 2.28. The number of aromatic nitrogens is 7. The standard InChI is InChI=1S/C19H20N8O2S.C13H17N5O4S2/c1-26(2)14(28)4-5-27(3)19(29)18-25-15-16(22-10-23-17(15)30-18)24-13-6-11-7-20-8-12(11)9-21-13;1-17(2)8(19)5-6-18(3)13(20)11-16-9-10(23-11)14-7-15-12(9)24(4,21)22/h6-7,9-10H,4-5,8H2,1-3H3,(H,21,22,23,24);7H,5-6H2,1-4H3. The molecule has 0 saturated heterocycles. The Morgan fingerprint density at radius 2 is 1.30 bits per heavy atom. The number of rotatable bonds is 11. The number of pyridine rings is 1. The van der Waals surface area contributed by atoms with Gasteiger partial charge in [0.15, 0.2) is 30.7 Å². The molecule has 0 radical (unpaired) electrons. The summed E-state index contributed by atoms with van der Waals surface area (Å²) in [4.78, 5) is 88.6. The Labute approximate surface area is 318 Å². The van der Waals surface area contributed by atoms with Crippen LogP contribution in [0.2, 0.25) is 0 Å². The summed E-state index contributed by atoms with van der Waals surface area (Å²) in [5.41, 5.74) is 2.68. The number of amides is 4. The Balaban J connectivity index is 0.000000213. The van der Waals surface area contributed by atoms with Crippen LogP contribution in [0.1, 0.15) is 43.6 Å². The number of anilines is 2. The average Bonchev–Trinajstić information content (AvgIpc) is 3.90. The minimum absolute atomic E-state index is 0.0387. The third kappa shape index (κ3) is 9.30. The molecule has 1 N–H and O–H groups in total. The van der Waals surface area contributed by atoms with Crippen LogP contribution in [0.5, 0.6) is 0 Å². The number of carbonyl (C=O) groups is 4. The van der Waals surface area contributed by atoms with Crippen LogP contribution in [-0.2, 0) is 26.0 Å². The summed E-state index contributed by atoms with van der Waals surface area (Å²) in [5, 5.41) is 3.36. The fourth-order valence-corrected chi connectivity index (χ4v) is 7.32. The van der Waals surface area contributed by atoms with Gasteiger partial charge in [0, 0.05) is 98.0 Å². The van der Waals surface area contributed by atoms with Gasteiger partial charge in [-0.3, -0.25) is 24.2 Å². The van der Waals surface area contributed by atoms with Crippen LogP contribution in [0.25, 0.3) is 20.7 Å². The molecule has 6 rings (SSSR count). The zero-order chi connectivity index (χ0) is 39.3. The van der Waals surface area contributed by atoms with Gasteiger partial charge in [0.05, 0.1) is 6.54 Å². The van der Waals surface area contributed by atoms with Crippen molar-refractivity contribution in [3.63, 3.8) is 0 Å². The van der Waals surface area contributed by atoms with Gasteiger partial charge in [0.1, 0.15) is 39.2 Å². The molecule has 1 aliphatic rings. The quantitative estimate of drug-likeness (QED) is 0.188. The molecule has 0 unspecified atom stereocenters. The fraction of sp³-hybridized carbons (Fsp3) is 0.375. The van der Waals surface area contributed by atoms with Gasteiger partial charge in [-0.1, -0.05) is 22.7 Å². The fourth-order valence-electron chi connectivity index (χ4n) is 4.72. The van der Waals surface area contributed by atoms with Gasteiger partial charge in [0.25, 0.3) is 11.8 Å². The van der Waals surface area contributed by atoms with E-state index in [0.717, 1.165) is 35.0 Å².